The van der Waals surface area contributed by atoms with Crippen LogP contribution in [0.25, 0.3) is 83.9 Å². The first-order valence-corrected chi connectivity index (χ1v) is 19.1. The first-order valence-electron chi connectivity index (χ1n) is 19.1. The van der Waals surface area contributed by atoms with Gasteiger partial charge in [-0.25, -0.2) is 15.0 Å². The van der Waals surface area contributed by atoms with Gasteiger partial charge in [0.25, 0.3) is 0 Å². The molecule has 1 unspecified atom stereocenters. The van der Waals surface area contributed by atoms with E-state index >= 15 is 0 Å². The third-order valence-corrected chi connectivity index (χ3v) is 11.8. The van der Waals surface area contributed by atoms with E-state index in [0.717, 1.165) is 61.7 Å². The SMILES string of the molecule is c1ccc(-c2nc(-c3cccc4c3-c3ccccc3C43c4ccccc4-c4ccc(-c5nc6ccccc6n5-c5ccccc5)cc43)nc3ccccc23)cc1. The van der Waals surface area contributed by atoms with Gasteiger partial charge in [0, 0.05) is 27.8 Å². The van der Waals surface area contributed by atoms with E-state index in [1.54, 1.807) is 0 Å². The van der Waals surface area contributed by atoms with Crippen molar-refractivity contribution >= 4 is 21.9 Å². The van der Waals surface area contributed by atoms with Crippen molar-refractivity contribution in [3.05, 3.63) is 216 Å². The third-order valence-electron chi connectivity index (χ3n) is 11.8. The predicted molar refractivity (Wildman–Crippen MR) is 227 cm³/mol. The molecule has 10 aromatic rings. The molecule has 0 saturated heterocycles. The summed E-state index contributed by atoms with van der Waals surface area (Å²) in [5, 5.41) is 1.04. The number of hydrogen-bond acceptors (Lipinski definition) is 3. The van der Waals surface area contributed by atoms with Crippen LogP contribution in [-0.4, -0.2) is 19.5 Å². The number of aromatic nitrogens is 4. The highest BCUT2D eigenvalue weighted by Gasteiger charge is 2.52. The minimum Gasteiger partial charge on any atom is -0.292 e. The number of imidazole rings is 1. The number of para-hydroxylation sites is 4. The maximum Gasteiger partial charge on any atom is 0.161 e. The molecule has 1 spiro atoms. The van der Waals surface area contributed by atoms with E-state index in [9.17, 15) is 0 Å². The first-order chi connectivity index (χ1) is 27.8. The molecule has 4 nitrogen and oxygen atoms in total. The maximum atomic E-state index is 5.39. The van der Waals surface area contributed by atoms with Gasteiger partial charge in [-0.3, -0.25) is 4.57 Å². The Morgan fingerprint density at radius 2 is 1.02 bits per heavy atom. The molecular weight excluding hydrogens is 681 g/mol. The second kappa shape index (κ2) is 11.8. The molecule has 0 bridgehead atoms. The molecule has 2 aromatic heterocycles. The molecule has 0 N–H and O–H groups in total. The Balaban J connectivity index is 1.15. The van der Waals surface area contributed by atoms with Crippen LogP contribution in [0.2, 0.25) is 0 Å². The number of hydrogen-bond donors (Lipinski definition) is 0. The minimum atomic E-state index is -0.563. The zero-order valence-corrected chi connectivity index (χ0v) is 30.3. The van der Waals surface area contributed by atoms with E-state index in [-0.39, 0.29) is 0 Å². The molecular formula is C52H32N4. The van der Waals surface area contributed by atoms with E-state index in [2.05, 4.69) is 193 Å². The second-order valence-electron chi connectivity index (χ2n) is 14.7. The van der Waals surface area contributed by atoms with Crippen molar-refractivity contribution in [3.8, 4) is 62.0 Å². The fourth-order valence-electron chi connectivity index (χ4n) is 9.58. The molecule has 0 aliphatic heterocycles. The van der Waals surface area contributed by atoms with Crippen molar-refractivity contribution in [2.24, 2.45) is 0 Å². The van der Waals surface area contributed by atoms with Gasteiger partial charge in [-0.05, 0) is 80.9 Å². The van der Waals surface area contributed by atoms with Gasteiger partial charge in [-0.2, -0.15) is 0 Å². The van der Waals surface area contributed by atoms with Gasteiger partial charge >= 0.3 is 0 Å². The van der Waals surface area contributed by atoms with Gasteiger partial charge in [0.2, 0.25) is 0 Å². The Labute approximate surface area is 324 Å². The minimum absolute atomic E-state index is 0.563. The van der Waals surface area contributed by atoms with E-state index in [4.69, 9.17) is 15.0 Å². The van der Waals surface area contributed by atoms with E-state index < -0.39 is 5.41 Å². The van der Waals surface area contributed by atoms with Crippen LogP contribution in [0.5, 0.6) is 0 Å². The zero-order valence-electron chi connectivity index (χ0n) is 30.3. The van der Waals surface area contributed by atoms with Crippen molar-refractivity contribution in [2.45, 2.75) is 5.41 Å². The lowest BCUT2D eigenvalue weighted by Gasteiger charge is -2.30. The maximum absolute atomic E-state index is 5.39. The van der Waals surface area contributed by atoms with Crippen LogP contribution in [0.3, 0.4) is 0 Å². The lowest BCUT2D eigenvalue weighted by molar-refractivity contribution is 0.794. The number of fused-ring (bicyclic) bond motifs is 12. The molecule has 2 aliphatic rings. The Morgan fingerprint density at radius 1 is 0.393 bits per heavy atom. The molecule has 1 atom stereocenters. The van der Waals surface area contributed by atoms with Crippen LogP contribution in [0.15, 0.2) is 194 Å². The Kier molecular flexibility index (Phi) is 6.52. The summed E-state index contributed by atoms with van der Waals surface area (Å²) in [5.41, 5.74) is 17.6. The quantitative estimate of drug-likeness (QED) is 0.182. The molecule has 0 fully saturated rings. The molecule has 2 aliphatic carbocycles. The summed E-state index contributed by atoms with van der Waals surface area (Å²) in [6.07, 6.45) is 0. The molecule has 0 radical (unpaired) electrons. The van der Waals surface area contributed by atoms with Crippen LogP contribution in [0.1, 0.15) is 22.3 Å². The van der Waals surface area contributed by atoms with Crippen molar-refractivity contribution in [3.63, 3.8) is 0 Å². The number of benzene rings is 8. The average molecular weight is 713 g/mol. The first kappa shape index (κ1) is 31.0. The van der Waals surface area contributed by atoms with Gasteiger partial charge in [-0.1, -0.05) is 158 Å². The summed E-state index contributed by atoms with van der Waals surface area (Å²) in [4.78, 5) is 16.0. The normalized spacial score (nSPS) is 14.9. The van der Waals surface area contributed by atoms with Gasteiger partial charge in [0.05, 0.1) is 27.7 Å². The van der Waals surface area contributed by atoms with Crippen LogP contribution < -0.4 is 0 Å². The Bertz CT molecular complexity index is 3200. The summed E-state index contributed by atoms with van der Waals surface area (Å²) in [6, 6.07) is 69.4. The fraction of sp³-hybridized carbons (Fsp3) is 0.0192. The summed E-state index contributed by atoms with van der Waals surface area (Å²) in [6.45, 7) is 0. The molecule has 260 valence electrons. The van der Waals surface area contributed by atoms with Crippen LogP contribution in [-0.2, 0) is 5.41 Å². The average Bonchev–Trinajstić information content (AvgIpc) is 3.91. The van der Waals surface area contributed by atoms with Crippen LogP contribution in [0.4, 0.5) is 0 Å². The van der Waals surface area contributed by atoms with E-state index in [1.807, 2.05) is 6.07 Å². The zero-order chi connectivity index (χ0) is 36.8. The number of rotatable bonds is 4. The van der Waals surface area contributed by atoms with Gasteiger partial charge in [0.15, 0.2) is 5.82 Å². The van der Waals surface area contributed by atoms with E-state index in [1.165, 1.54) is 44.5 Å². The van der Waals surface area contributed by atoms with Crippen molar-refractivity contribution in [1.29, 1.82) is 0 Å². The Morgan fingerprint density at radius 3 is 1.86 bits per heavy atom. The second-order valence-corrected chi connectivity index (χ2v) is 14.7. The van der Waals surface area contributed by atoms with Gasteiger partial charge < -0.3 is 0 Å². The highest BCUT2D eigenvalue weighted by molar-refractivity contribution is 6.01. The molecule has 0 saturated carbocycles. The smallest absolute Gasteiger partial charge is 0.161 e. The molecule has 56 heavy (non-hydrogen) atoms. The molecule has 8 aromatic carbocycles. The Hall–Kier alpha value is -7.43. The van der Waals surface area contributed by atoms with Crippen molar-refractivity contribution in [2.75, 3.05) is 0 Å². The molecule has 2 heterocycles. The number of nitrogens with zero attached hydrogens (tertiary/aromatic N) is 4. The van der Waals surface area contributed by atoms with Crippen LogP contribution in [0, 0.1) is 0 Å². The largest absolute Gasteiger partial charge is 0.292 e. The lowest BCUT2D eigenvalue weighted by atomic mass is 9.70. The highest BCUT2D eigenvalue weighted by Crippen LogP contribution is 2.64. The summed E-state index contributed by atoms with van der Waals surface area (Å²) in [5.74, 6) is 1.65. The van der Waals surface area contributed by atoms with Crippen molar-refractivity contribution in [1.82, 2.24) is 19.5 Å². The third kappa shape index (κ3) is 4.21. The molecule has 4 heteroatoms. The summed E-state index contributed by atoms with van der Waals surface area (Å²) >= 11 is 0. The summed E-state index contributed by atoms with van der Waals surface area (Å²) in [7, 11) is 0. The fourth-order valence-corrected chi connectivity index (χ4v) is 9.58. The highest BCUT2D eigenvalue weighted by atomic mass is 15.1. The van der Waals surface area contributed by atoms with Gasteiger partial charge in [-0.15, -0.1) is 0 Å². The standard InChI is InChI=1S/C52H32N4/c1-3-16-33(17-4-1)49-39-22-9-12-27-45(39)53-50(55-49)40-23-15-26-43-48(40)38-21-8-11-25-42(38)52(43)41-24-10-7-20-36(41)37-31-30-34(32-44(37)52)51-54-46-28-13-14-29-47(46)56(51)35-18-5-2-6-19-35/h1-32H. The molecule has 12 rings (SSSR count). The van der Waals surface area contributed by atoms with E-state index in [0.29, 0.717) is 0 Å². The predicted octanol–water partition coefficient (Wildman–Crippen LogP) is 12.3. The van der Waals surface area contributed by atoms with Gasteiger partial charge in [0.1, 0.15) is 5.82 Å². The lowest BCUT2D eigenvalue weighted by Crippen LogP contribution is -2.26. The summed E-state index contributed by atoms with van der Waals surface area (Å²) < 4.78 is 2.29. The van der Waals surface area contributed by atoms with Crippen molar-refractivity contribution < 1.29 is 0 Å². The monoisotopic (exact) mass is 712 g/mol. The molecule has 0 amide bonds. The van der Waals surface area contributed by atoms with Crippen LogP contribution >= 0.6 is 0 Å². The topological polar surface area (TPSA) is 43.6 Å².